The third-order valence-electron chi connectivity index (χ3n) is 21.6. The number of hydrogen-bond donors (Lipinski definition) is 4. The fraction of sp³-hybridized carbons (Fsp3) is 0.385. The van der Waals surface area contributed by atoms with Crippen LogP contribution in [0, 0.1) is 0 Å². The number of fused-ring (bicyclic) bond motifs is 2. The first kappa shape index (κ1) is 93.7. The lowest BCUT2D eigenvalue weighted by Crippen LogP contribution is -2.13. The van der Waals surface area contributed by atoms with Crippen LogP contribution in [-0.2, 0) is 43.3 Å². The van der Waals surface area contributed by atoms with Gasteiger partial charge in [-0.15, -0.1) is 0 Å². The van der Waals surface area contributed by atoms with Gasteiger partial charge in [0.05, 0.1) is 105 Å². The zero-order valence-electron chi connectivity index (χ0n) is 76.3. The standard InChI is InChI=1S/C104H120N4O8S8/c1-97(2,3)65-41-73-89(109)77(45-65)121-85-53-71(103(19,20)21)54-86-95(85)115-38-34-107-59-63-26-25-27-64(40-63)60-108-35-39-116-96-87-55-72(104(22,23)24)56-88(96)124-80-48-68(100(10,11)12)44-76(92(80)112)120-84-52-70(102(16,17)18)51-83(119-75-43-67(99(7,8)9)47-79(123-87)91(75)111)94(84)114-37-33-106-58-62-30-28-61(29-31-62)57-105-32-36-113-93-81(117-73)49-69(101(13,14)15)50-82(93)118-74-42-66(98(4,5)6)46-78(122-86)90(74)110/h25-31,40-60,109-112H,32-39H2,1-24H3. The van der Waals surface area contributed by atoms with E-state index >= 15 is 0 Å². The van der Waals surface area contributed by atoms with Crippen LogP contribution in [0.2, 0.25) is 0 Å². The number of rotatable bonds is 0. The molecule has 0 amide bonds. The van der Waals surface area contributed by atoms with Crippen molar-refractivity contribution in [1.29, 1.82) is 0 Å². The van der Waals surface area contributed by atoms with Crippen LogP contribution in [0.15, 0.2) is 244 Å². The highest BCUT2D eigenvalue weighted by atomic mass is 32.2. The van der Waals surface area contributed by atoms with Gasteiger partial charge in [0.15, 0.2) is 0 Å². The van der Waals surface area contributed by atoms with E-state index in [9.17, 15) is 20.4 Å². The molecule has 0 atom stereocenters. The Morgan fingerprint density at radius 3 is 0.524 bits per heavy atom. The largest absolute Gasteiger partial charge is 0.506 e. The molecule has 0 aromatic heterocycles. The summed E-state index contributed by atoms with van der Waals surface area (Å²) in [5.74, 6) is 3.12. The zero-order valence-corrected chi connectivity index (χ0v) is 82.8. The SMILES string of the molecule is CC(C)(C)c1cc2c(O)c(c1)Sc1cc(C(C)(C)C)cc3c1OCCN=Cc1cccc(c1)C=NCCOc1c4cc(C(C)(C)C)cc1Sc1cc(C(C)(C)C)cc(c1O)Sc1cc(C(C)(C)C)cc(c1OCCN=Cc1ccc(cc1)C=NCCOc1c(cc(C(C)(C)C)cc1Sc1cc(C(C)(C)C)cc(c1O)S3)S2)Sc1cc(C(C)(C)C)cc(c1O)S4. The molecule has 0 unspecified atom stereocenters. The van der Waals surface area contributed by atoms with E-state index in [2.05, 4.69) is 269 Å². The predicted octanol–water partition coefficient (Wildman–Crippen LogP) is 29.0. The second kappa shape index (κ2) is 37.4. The van der Waals surface area contributed by atoms with E-state index in [0.29, 0.717) is 88.3 Å². The van der Waals surface area contributed by atoms with Crippen LogP contribution in [-0.4, -0.2) is 97.9 Å². The van der Waals surface area contributed by atoms with Crippen LogP contribution in [0.5, 0.6) is 46.0 Å². The van der Waals surface area contributed by atoms with E-state index in [4.69, 9.17) is 38.9 Å². The maximum absolute atomic E-state index is 13.1. The Kier molecular flexibility index (Phi) is 28.3. The molecule has 652 valence electrons. The minimum atomic E-state index is -0.317. The van der Waals surface area contributed by atoms with E-state index in [0.717, 1.165) is 106 Å². The summed E-state index contributed by atoms with van der Waals surface area (Å²) in [6.45, 7) is 55.2. The molecule has 12 nitrogen and oxygen atoms in total. The third kappa shape index (κ3) is 23.0. The van der Waals surface area contributed by atoms with Gasteiger partial charge in [0.2, 0.25) is 0 Å². The number of hydrogen-bond acceptors (Lipinski definition) is 20. The van der Waals surface area contributed by atoms with Crippen molar-refractivity contribution in [2.45, 2.75) is 288 Å². The van der Waals surface area contributed by atoms with Gasteiger partial charge in [0, 0.05) is 24.9 Å². The first-order chi connectivity index (χ1) is 58.1. The molecule has 20 heteroatoms. The Labute approximate surface area is 770 Å². The minimum absolute atomic E-state index is 0.150. The molecule has 10 aromatic carbocycles. The Balaban J connectivity index is 0.935. The molecular formula is C104H120N4O8S8. The minimum Gasteiger partial charge on any atom is -0.506 e. The van der Waals surface area contributed by atoms with E-state index in [1.165, 1.54) is 94.1 Å². The molecule has 6 aliphatic rings. The molecule has 6 aliphatic heterocycles. The smallest absolute Gasteiger partial charge is 0.147 e. The van der Waals surface area contributed by atoms with Crippen LogP contribution < -0.4 is 18.9 Å². The molecule has 0 saturated heterocycles. The number of phenols is 4. The monoisotopic (exact) mass is 1810 g/mol. The number of benzene rings is 10. The summed E-state index contributed by atoms with van der Waals surface area (Å²) < 4.78 is 28.4. The average Bonchev–Trinajstić information content (AvgIpc) is 0.763. The van der Waals surface area contributed by atoms with Gasteiger partial charge in [-0.1, -0.05) is 303 Å². The number of aliphatic imine (C=N–C) groups is 4. The Bertz CT molecular complexity index is 5210. The third-order valence-corrected chi connectivity index (χ3v) is 30.0. The van der Waals surface area contributed by atoms with Gasteiger partial charge in [-0.25, -0.2) is 0 Å². The molecule has 6 heterocycles. The molecule has 0 aliphatic carbocycles. The van der Waals surface area contributed by atoms with Crippen LogP contribution >= 0.6 is 94.1 Å². The van der Waals surface area contributed by atoms with Gasteiger partial charge < -0.3 is 39.4 Å². The van der Waals surface area contributed by atoms with Crippen LogP contribution in [0.1, 0.15) is 233 Å². The number of ether oxygens (including phenoxy) is 4. The van der Waals surface area contributed by atoms with Crippen molar-refractivity contribution >= 4 is 119 Å². The molecular weight excluding hydrogens is 1690 g/mol. The summed E-state index contributed by atoms with van der Waals surface area (Å²) in [5.41, 5.74) is 9.58. The normalized spacial score (nSPS) is 15.2. The number of aromatic hydroxyl groups is 4. The maximum atomic E-state index is 13.1. The lowest BCUT2D eigenvalue weighted by Gasteiger charge is -2.27. The molecule has 124 heavy (non-hydrogen) atoms. The van der Waals surface area contributed by atoms with Crippen molar-refractivity contribution in [1.82, 2.24) is 0 Å². The van der Waals surface area contributed by atoms with Crippen LogP contribution in [0.25, 0.3) is 0 Å². The van der Waals surface area contributed by atoms with Crippen LogP contribution in [0.3, 0.4) is 0 Å². The van der Waals surface area contributed by atoms with Crippen molar-refractivity contribution in [3.05, 3.63) is 212 Å². The average molecular weight is 1810 g/mol. The lowest BCUT2D eigenvalue weighted by atomic mass is 9.87. The summed E-state index contributed by atoms with van der Waals surface area (Å²) in [4.78, 5) is 31.9. The number of nitrogens with zero attached hydrogens (tertiary/aromatic N) is 4. The first-order valence-electron chi connectivity index (χ1n) is 42.5. The van der Waals surface area contributed by atoms with E-state index in [-0.39, 0.29) is 92.7 Å². The van der Waals surface area contributed by atoms with Gasteiger partial charge in [-0.3, -0.25) is 20.0 Å². The van der Waals surface area contributed by atoms with E-state index < -0.39 is 0 Å². The highest BCUT2D eigenvalue weighted by Crippen LogP contribution is 2.60. The molecule has 16 rings (SSSR count). The topological polar surface area (TPSA) is 167 Å². The van der Waals surface area contributed by atoms with Crippen molar-refractivity contribution in [2.24, 2.45) is 20.0 Å². The highest BCUT2D eigenvalue weighted by molar-refractivity contribution is 8.02. The quantitative estimate of drug-likeness (QED) is 0.113. The molecule has 10 aromatic rings. The fourth-order valence-corrected chi connectivity index (χ4v) is 22.8. The predicted molar refractivity (Wildman–Crippen MR) is 525 cm³/mol. The summed E-state index contributed by atoms with van der Waals surface area (Å²) >= 11 is 11.9. The summed E-state index contributed by atoms with van der Waals surface area (Å²) in [6, 6.07) is 50.8. The van der Waals surface area contributed by atoms with Crippen molar-refractivity contribution in [2.75, 3.05) is 52.6 Å². The molecule has 0 radical (unpaired) electrons. The molecule has 0 saturated carbocycles. The van der Waals surface area contributed by atoms with Crippen molar-refractivity contribution in [3.8, 4) is 46.0 Å². The van der Waals surface area contributed by atoms with Crippen molar-refractivity contribution < 1.29 is 39.4 Å². The fourth-order valence-electron chi connectivity index (χ4n) is 13.7. The van der Waals surface area contributed by atoms with Crippen LogP contribution in [0.4, 0.5) is 0 Å². The van der Waals surface area contributed by atoms with Gasteiger partial charge in [-0.05, 0) is 213 Å². The first-order valence-corrected chi connectivity index (χ1v) is 49.0. The van der Waals surface area contributed by atoms with E-state index in [1.807, 2.05) is 67.3 Å². The molecule has 24 bridgehead atoms. The zero-order chi connectivity index (χ0) is 89.6. The van der Waals surface area contributed by atoms with Gasteiger partial charge in [0.1, 0.15) is 72.4 Å². The number of phenolic OH excluding ortho intramolecular Hbond substituents is 4. The van der Waals surface area contributed by atoms with Gasteiger partial charge in [0.25, 0.3) is 0 Å². The lowest BCUT2D eigenvalue weighted by molar-refractivity contribution is 0.312. The van der Waals surface area contributed by atoms with Gasteiger partial charge >= 0.3 is 0 Å². The second-order valence-electron chi connectivity index (χ2n) is 40.2. The highest BCUT2D eigenvalue weighted by Gasteiger charge is 2.34. The Morgan fingerprint density at radius 2 is 0.363 bits per heavy atom. The molecule has 4 N–H and O–H groups in total. The second-order valence-corrected chi connectivity index (χ2v) is 48.8. The Hall–Kier alpha value is -7.92. The van der Waals surface area contributed by atoms with Crippen molar-refractivity contribution in [3.63, 3.8) is 0 Å². The molecule has 0 fully saturated rings. The molecule has 0 spiro atoms. The summed E-state index contributed by atoms with van der Waals surface area (Å²) in [6.07, 6.45) is 7.49. The maximum Gasteiger partial charge on any atom is 0.147 e. The summed E-state index contributed by atoms with van der Waals surface area (Å²) in [5, 5.41) is 52.2. The van der Waals surface area contributed by atoms with E-state index in [1.54, 1.807) is 0 Å². The summed E-state index contributed by atoms with van der Waals surface area (Å²) in [7, 11) is 0. The van der Waals surface area contributed by atoms with Gasteiger partial charge in [-0.2, -0.15) is 0 Å². The Morgan fingerprint density at radius 1 is 0.210 bits per heavy atom.